The van der Waals surface area contributed by atoms with Gasteiger partial charge in [-0.2, -0.15) is 0 Å². The summed E-state index contributed by atoms with van der Waals surface area (Å²) in [6.45, 7) is 6.92. The fraction of sp³-hybridized carbons (Fsp3) is 0.944. The van der Waals surface area contributed by atoms with Crippen molar-refractivity contribution in [2.75, 3.05) is 18.8 Å². The van der Waals surface area contributed by atoms with Gasteiger partial charge in [-0.3, -0.25) is 4.79 Å². The molecule has 1 saturated carbocycles. The number of sulfone groups is 1. The summed E-state index contributed by atoms with van der Waals surface area (Å²) < 4.78 is 24.3. The Morgan fingerprint density at radius 3 is 2.26 bits per heavy atom. The number of nitrogens with zero attached hydrogens (tertiary/aromatic N) is 1. The molecule has 0 unspecified atom stereocenters. The number of hydrogen-bond acceptors (Lipinski definition) is 3. The van der Waals surface area contributed by atoms with Crippen LogP contribution in [0.1, 0.15) is 65.7 Å². The molecule has 4 nitrogen and oxygen atoms in total. The van der Waals surface area contributed by atoms with Crippen molar-refractivity contribution in [3.05, 3.63) is 0 Å². The van der Waals surface area contributed by atoms with E-state index in [2.05, 4.69) is 6.92 Å². The van der Waals surface area contributed by atoms with Gasteiger partial charge < -0.3 is 4.90 Å². The van der Waals surface area contributed by atoms with Crippen molar-refractivity contribution in [3.8, 4) is 0 Å². The van der Waals surface area contributed by atoms with Gasteiger partial charge >= 0.3 is 0 Å². The van der Waals surface area contributed by atoms with E-state index in [-0.39, 0.29) is 28.7 Å². The highest BCUT2D eigenvalue weighted by Crippen LogP contribution is 2.34. The third-order valence-electron chi connectivity index (χ3n) is 5.40. The lowest BCUT2D eigenvalue weighted by Gasteiger charge is -2.41. The summed E-state index contributed by atoms with van der Waals surface area (Å²) in [6, 6.07) is 0. The summed E-state index contributed by atoms with van der Waals surface area (Å²) in [7, 11) is -3.03. The molecule has 0 aromatic heterocycles. The minimum atomic E-state index is -3.03. The van der Waals surface area contributed by atoms with Crippen LogP contribution in [0.2, 0.25) is 0 Å². The Morgan fingerprint density at radius 1 is 1.13 bits per heavy atom. The van der Waals surface area contributed by atoms with Gasteiger partial charge in [0.25, 0.3) is 0 Å². The van der Waals surface area contributed by atoms with Crippen LogP contribution < -0.4 is 0 Å². The molecule has 2 aliphatic rings. The van der Waals surface area contributed by atoms with E-state index in [4.69, 9.17) is 0 Å². The van der Waals surface area contributed by atoms with E-state index in [9.17, 15) is 13.2 Å². The zero-order chi connectivity index (χ0) is 17.0. The second-order valence-corrected chi connectivity index (χ2v) is 10.3. The molecule has 1 amide bonds. The first-order chi connectivity index (χ1) is 10.8. The smallest absolute Gasteiger partial charge is 0.225 e. The monoisotopic (exact) mass is 343 g/mol. The maximum Gasteiger partial charge on any atom is 0.225 e. The summed E-state index contributed by atoms with van der Waals surface area (Å²) in [4.78, 5) is 14.3. The first kappa shape index (κ1) is 18.8. The Labute approximate surface area is 141 Å². The number of amides is 1. The topological polar surface area (TPSA) is 54.5 Å². The molecule has 1 saturated heterocycles. The summed E-state index contributed by atoms with van der Waals surface area (Å²) in [5, 5.41) is -0.324. The van der Waals surface area contributed by atoms with Gasteiger partial charge in [0.15, 0.2) is 9.84 Å². The Morgan fingerprint density at radius 2 is 1.74 bits per heavy atom. The molecule has 2 fully saturated rings. The van der Waals surface area contributed by atoms with Gasteiger partial charge in [-0.15, -0.1) is 0 Å². The molecule has 1 aliphatic heterocycles. The first-order valence-electron chi connectivity index (χ1n) is 9.33. The van der Waals surface area contributed by atoms with Crippen molar-refractivity contribution in [3.63, 3.8) is 0 Å². The molecule has 1 aliphatic carbocycles. The van der Waals surface area contributed by atoms with E-state index in [1.54, 1.807) is 4.90 Å². The maximum absolute atomic E-state index is 12.5. The number of hydrogen-bond donors (Lipinski definition) is 0. The average molecular weight is 344 g/mol. The molecule has 0 spiro atoms. The van der Waals surface area contributed by atoms with Crippen LogP contribution in [0.25, 0.3) is 0 Å². The summed E-state index contributed by atoms with van der Waals surface area (Å²) in [5.74, 6) is 1.54. The number of unbranched alkanes of at least 4 members (excludes halogenated alkanes) is 1. The Hall–Kier alpha value is -0.580. The van der Waals surface area contributed by atoms with Crippen LogP contribution in [-0.4, -0.2) is 43.3 Å². The Balaban J connectivity index is 1.75. The fourth-order valence-electron chi connectivity index (χ4n) is 3.89. The predicted octanol–water partition coefficient (Wildman–Crippen LogP) is 3.26. The van der Waals surface area contributed by atoms with Gasteiger partial charge in [-0.25, -0.2) is 8.42 Å². The molecule has 0 atom stereocenters. The van der Waals surface area contributed by atoms with Gasteiger partial charge in [-0.05, 0) is 37.5 Å². The van der Waals surface area contributed by atoms with E-state index in [1.165, 1.54) is 32.1 Å². The van der Waals surface area contributed by atoms with E-state index in [0.717, 1.165) is 18.8 Å². The van der Waals surface area contributed by atoms with Crippen molar-refractivity contribution in [1.29, 1.82) is 0 Å². The standard InChI is InChI=1S/C18H33NO3S/c1-4-5-6-15-7-9-16(10-8-15)18(20)19-11-17(12-19)23(21,22)13-14(2)3/h14-17H,4-13H2,1-3H3. The van der Waals surface area contributed by atoms with Gasteiger partial charge in [0.05, 0.1) is 11.0 Å². The molecule has 0 aromatic carbocycles. The average Bonchev–Trinajstić information content (AvgIpc) is 2.42. The molecule has 0 radical (unpaired) electrons. The molecule has 1 heterocycles. The number of carbonyl (C=O) groups is 1. The van der Waals surface area contributed by atoms with Crippen molar-refractivity contribution in [2.45, 2.75) is 71.0 Å². The summed E-state index contributed by atoms with van der Waals surface area (Å²) in [6.07, 6.45) is 8.17. The molecule has 0 aromatic rings. The van der Waals surface area contributed by atoms with Crippen molar-refractivity contribution < 1.29 is 13.2 Å². The van der Waals surface area contributed by atoms with Gasteiger partial charge in [0, 0.05) is 19.0 Å². The lowest BCUT2D eigenvalue weighted by molar-refractivity contribution is -0.140. The van der Waals surface area contributed by atoms with Crippen LogP contribution >= 0.6 is 0 Å². The molecule has 0 bridgehead atoms. The number of carbonyl (C=O) groups excluding carboxylic acids is 1. The van der Waals surface area contributed by atoms with Crippen LogP contribution in [0, 0.1) is 17.8 Å². The SMILES string of the molecule is CCCCC1CCC(C(=O)N2CC(S(=O)(=O)CC(C)C)C2)CC1. The largest absolute Gasteiger partial charge is 0.340 e. The highest BCUT2D eigenvalue weighted by Gasteiger charge is 2.41. The molecule has 23 heavy (non-hydrogen) atoms. The quantitative estimate of drug-likeness (QED) is 0.713. The van der Waals surface area contributed by atoms with Crippen molar-refractivity contribution in [2.24, 2.45) is 17.8 Å². The molecule has 2 rings (SSSR count). The van der Waals surface area contributed by atoms with Crippen molar-refractivity contribution >= 4 is 15.7 Å². The fourth-order valence-corrected chi connectivity index (χ4v) is 5.91. The zero-order valence-corrected chi connectivity index (χ0v) is 15.8. The summed E-state index contributed by atoms with van der Waals surface area (Å²) >= 11 is 0. The van der Waals surface area contributed by atoms with Gasteiger partial charge in [0.2, 0.25) is 5.91 Å². The van der Waals surface area contributed by atoms with Crippen LogP contribution in [-0.2, 0) is 14.6 Å². The Bertz CT molecular complexity index is 486. The molecule has 5 heteroatoms. The second-order valence-electron chi connectivity index (χ2n) is 7.95. The number of likely N-dealkylation sites (tertiary alicyclic amines) is 1. The van der Waals surface area contributed by atoms with Crippen LogP contribution in [0.5, 0.6) is 0 Å². The van der Waals surface area contributed by atoms with E-state index >= 15 is 0 Å². The molecular formula is C18H33NO3S. The van der Waals surface area contributed by atoms with Crippen molar-refractivity contribution in [1.82, 2.24) is 4.90 Å². The normalized spacial score (nSPS) is 26.3. The van der Waals surface area contributed by atoms with Crippen LogP contribution in [0.15, 0.2) is 0 Å². The predicted molar refractivity (Wildman–Crippen MR) is 94.0 cm³/mol. The minimum absolute atomic E-state index is 0.140. The molecule has 134 valence electrons. The number of rotatable bonds is 7. The second kappa shape index (κ2) is 8.00. The van der Waals surface area contributed by atoms with Gasteiger partial charge in [-0.1, -0.05) is 40.0 Å². The van der Waals surface area contributed by atoms with E-state index in [1.807, 2.05) is 13.8 Å². The lowest BCUT2D eigenvalue weighted by Crippen LogP contribution is -2.59. The maximum atomic E-state index is 12.5. The Kier molecular flexibility index (Phi) is 6.52. The van der Waals surface area contributed by atoms with Crippen LogP contribution in [0.3, 0.4) is 0 Å². The zero-order valence-electron chi connectivity index (χ0n) is 15.0. The summed E-state index contributed by atoms with van der Waals surface area (Å²) in [5.41, 5.74) is 0. The van der Waals surface area contributed by atoms with E-state index in [0.29, 0.717) is 13.1 Å². The third-order valence-corrected chi connectivity index (χ3v) is 7.84. The van der Waals surface area contributed by atoms with E-state index < -0.39 is 9.84 Å². The molecule has 0 N–H and O–H groups in total. The third kappa shape index (κ3) is 4.94. The van der Waals surface area contributed by atoms with Gasteiger partial charge in [0.1, 0.15) is 0 Å². The highest BCUT2D eigenvalue weighted by atomic mass is 32.2. The lowest BCUT2D eigenvalue weighted by atomic mass is 9.79. The minimum Gasteiger partial charge on any atom is -0.340 e. The molecular weight excluding hydrogens is 310 g/mol. The highest BCUT2D eigenvalue weighted by molar-refractivity contribution is 7.92. The first-order valence-corrected chi connectivity index (χ1v) is 11.0. The van der Waals surface area contributed by atoms with Crippen LogP contribution in [0.4, 0.5) is 0 Å².